The van der Waals surface area contributed by atoms with Crippen molar-refractivity contribution < 1.29 is 9.90 Å². The number of hydrogen-bond donors (Lipinski definition) is 2. The van der Waals surface area contributed by atoms with E-state index in [4.69, 9.17) is 5.73 Å². The molecule has 0 saturated heterocycles. The van der Waals surface area contributed by atoms with Gasteiger partial charge in [0.1, 0.15) is 0 Å². The fourth-order valence-electron chi connectivity index (χ4n) is 3.05. The van der Waals surface area contributed by atoms with Gasteiger partial charge in [0.15, 0.2) is 0 Å². The third-order valence-corrected chi connectivity index (χ3v) is 4.44. The molecule has 0 bridgehead atoms. The van der Waals surface area contributed by atoms with Crippen molar-refractivity contribution in [2.24, 2.45) is 17.6 Å². The maximum atomic E-state index is 11.2. The summed E-state index contributed by atoms with van der Waals surface area (Å²) in [5.74, 6) is -0.181. The Balaban J connectivity index is 2.63. The van der Waals surface area contributed by atoms with Crippen LogP contribution in [-0.4, -0.2) is 17.6 Å². The molecule has 0 radical (unpaired) electrons. The van der Waals surface area contributed by atoms with Gasteiger partial charge in [-0.05, 0) is 56.0 Å². The summed E-state index contributed by atoms with van der Waals surface area (Å²) < 4.78 is 0. The molecule has 0 aromatic heterocycles. The number of aliphatic carboxylic acids is 1. The Morgan fingerprint density at radius 3 is 2.38 bits per heavy atom. The molecule has 0 amide bonds. The normalized spacial score (nSPS) is 15.4. The van der Waals surface area contributed by atoms with Gasteiger partial charge in [0.25, 0.3) is 0 Å². The summed E-state index contributed by atoms with van der Waals surface area (Å²) in [5.41, 5.74) is 6.99. The van der Waals surface area contributed by atoms with E-state index in [1.54, 1.807) is 0 Å². The van der Waals surface area contributed by atoms with E-state index in [9.17, 15) is 9.90 Å². The summed E-state index contributed by atoms with van der Waals surface area (Å²) in [5, 5.41) is 9.25. The molecular weight excluding hydrogens is 262 g/mol. The Bertz CT molecular complexity index is 405. The molecule has 3 N–H and O–H groups in total. The second-order valence-corrected chi connectivity index (χ2v) is 5.95. The average Bonchev–Trinajstić information content (AvgIpc) is 2.48. The van der Waals surface area contributed by atoms with Crippen LogP contribution in [0.15, 0.2) is 30.3 Å². The third-order valence-electron chi connectivity index (χ3n) is 4.44. The van der Waals surface area contributed by atoms with Gasteiger partial charge in [0.2, 0.25) is 0 Å². The molecule has 0 spiro atoms. The molecule has 0 aliphatic rings. The fraction of sp³-hybridized carbons (Fsp3) is 0.611. The first-order valence-electron chi connectivity index (χ1n) is 8.07. The van der Waals surface area contributed by atoms with Gasteiger partial charge >= 0.3 is 5.97 Å². The zero-order valence-electron chi connectivity index (χ0n) is 13.3. The summed E-state index contributed by atoms with van der Waals surface area (Å²) in [4.78, 5) is 11.2. The molecule has 1 rings (SSSR count). The fourth-order valence-corrected chi connectivity index (χ4v) is 3.05. The minimum atomic E-state index is -0.664. The van der Waals surface area contributed by atoms with Crippen LogP contribution in [0.4, 0.5) is 0 Å². The predicted octanol–water partition coefficient (Wildman–Crippen LogP) is 4.04. The number of rotatable bonds is 10. The lowest BCUT2D eigenvalue weighted by atomic mass is 9.82. The topological polar surface area (TPSA) is 63.3 Å². The van der Waals surface area contributed by atoms with Crippen molar-refractivity contribution >= 4 is 5.97 Å². The largest absolute Gasteiger partial charge is 0.481 e. The van der Waals surface area contributed by atoms with Crippen LogP contribution >= 0.6 is 0 Å². The van der Waals surface area contributed by atoms with Crippen LogP contribution in [0.3, 0.4) is 0 Å². The molecule has 1 aromatic rings. The lowest BCUT2D eigenvalue weighted by molar-refractivity contribution is -0.143. The highest BCUT2D eigenvalue weighted by Crippen LogP contribution is 2.30. The number of carbonyl (C=O) groups is 1. The highest BCUT2D eigenvalue weighted by atomic mass is 16.4. The highest BCUT2D eigenvalue weighted by Gasteiger charge is 2.23. The van der Waals surface area contributed by atoms with Crippen molar-refractivity contribution in [1.82, 2.24) is 0 Å². The van der Waals surface area contributed by atoms with Crippen LogP contribution in [0.25, 0.3) is 0 Å². The van der Waals surface area contributed by atoms with Crippen molar-refractivity contribution in [3.63, 3.8) is 0 Å². The number of hydrogen-bond acceptors (Lipinski definition) is 2. The second-order valence-electron chi connectivity index (χ2n) is 5.95. The van der Waals surface area contributed by atoms with Gasteiger partial charge in [-0.15, -0.1) is 0 Å². The average molecular weight is 291 g/mol. The lowest BCUT2D eigenvalue weighted by Gasteiger charge is -2.22. The van der Waals surface area contributed by atoms with Crippen LogP contribution in [0.1, 0.15) is 57.4 Å². The summed E-state index contributed by atoms with van der Waals surface area (Å²) >= 11 is 0. The zero-order valence-corrected chi connectivity index (χ0v) is 13.3. The molecule has 1 aromatic carbocycles. The number of carboxylic acids is 1. The van der Waals surface area contributed by atoms with Gasteiger partial charge < -0.3 is 10.8 Å². The molecule has 0 heterocycles. The summed E-state index contributed by atoms with van der Waals surface area (Å²) in [6.45, 7) is 4.73. The van der Waals surface area contributed by atoms with E-state index < -0.39 is 5.97 Å². The molecule has 0 aliphatic carbocycles. The summed E-state index contributed by atoms with van der Waals surface area (Å²) in [6, 6.07) is 10.5. The van der Waals surface area contributed by atoms with Crippen molar-refractivity contribution in [1.29, 1.82) is 0 Å². The van der Waals surface area contributed by atoms with E-state index in [1.807, 2.05) is 13.0 Å². The maximum Gasteiger partial charge on any atom is 0.306 e. The van der Waals surface area contributed by atoms with E-state index in [0.717, 1.165) is 25.7 Å². The Labute approximate surface area is 128 Å². The number of benzene rings is 1. The van der Waals surface area contributed by atoms with Gasteiger partial charge in [-0.1, -0.05) is 44.2 Å². The SMILES string of the molecule is CCC(C(=O)O)C(C)CCC(CCCN)c1ccccc1. The molecule has 21 heavy (non-hydrogen) atoms. The zero-order chi connectivity index (χ0) is 15.7. The van der Waals surface area contributed by atoms with Crippen molar-refractivity contribution in [3.05, 3.63) is 35.9 Å². The molecule has 0 fully saturated rings. The van der Waals surface area contributed by atoms with Crippen LogP contribution in [0.5, 0.6) is 0 Å². The van der Waals surface area contributed by atoms with E-state index in [0.29, 0.717) is 18.9 Å². The Kier molecular flexibility index (Phi) is 8.06. The highest BCUT2D eigenvalue weighted by molar-refractivity contribution is 5.70. The smallest absolute Gasteiger partial charge is 0.306 e. The first-order valence-corrected chi connectivity index (χ1v) is 8.07. The Morgan fingerprint density at radius 1 is 1.19 bits per heavy atom. The first-order chi connectivity index (χ1) is 10.1. The molecular formula is C18H29NO2. The maximum absolute atomic E-state index is 11.2. The molecule has 118 valence electrons. The number of nitrogens with two attached hydrogens (primary N) is 1. The molecule has 3 heteroatoms. The monoisotopic (exact) mass is 291 g/mol. The van der Waals surface area contributed by atoms with Crippen molar-refractivity contribution in [3.8, 4) is 0 Å². The minimum Gasteiger partial charge on any atom is -0.481 e. The Morgan fingerprint density at radius 2 is 1.86 bits per heavy atom. The molecule has 3 nitrogen and oxygen atoms in total. The van der Waals surface area contributed by atoms with Crippen LogP contribution in [0, 0.1) is 11.8 Å². The van der Waals surface area contributed by atoms with Gasteiger partial charge in [0, 0.05) is 0 Å². The summed E-state index contributed by atoms with van der Waals surface area (Å²) in [6.07, 6.45) is 4.79. The lowest BCUT2D eigenvalue weighted by Crippen LogP contribution is -2.21. The van der Waals surface area contributed by atoms with Gasteiger partial charge in [-0.25, -0.2) is 0 Å². The van der Waals surface area contributed by atoms with Crippen molar-refractivity contribution in [2.75, 3.05) is 6.54 Å². The first kappa shape index (κ1) is 17.7. The summed E-state index contributed by atoms with van der Waals surface area (Å²) in [7, 11) is 0. The van der Waals surface area contributed by atoms with Crippen LogP contribution < -0.4 is 5.73 Å². The standard InChI is InChI=1S/C18H29NO2/c1-3-17(18(20)21)14(2)11-12-16(10-7-13-19)15-8-5-4-6-9-15/h4-6,8-9,14,16-17H,3,7,10-13,19H2,1-2H3,(H,20,21). The van der Waals surface area contributed by atoms with E-state index >= 15 is 0 Å². The Hall–Kier alpha value is -1.35. The number of carboxylic acid groups (broad SMARTS) is 1. The molecule has 0 saturated carbocycles. The minimum absolute atomic E-state index is 0.219. The molecule has 3 atom stereocenters. The van der Waals surface area contributed by atoms with Crippen molar-refractivity contribution in [2.45, 2.75) is 51.9 Å². The van der Waals surface area contributed by atoms with E-state index in [-0.39, 0.29) is 11.8 Å². The van der Waals surface area contributed by atoms with E-state index in [2.05, 4.69) is 31.2 Å². The third kappa shape index (κ3) is 5.88. The molecule has 3 unspecified atom stereocenters. The van der Waals surface area contributed by atoms with Gasteiger partial charge in [-0.3, -0.25) is 4.79 Å². The van der Waals surface area contributed by atoms with Crippen LogP contribution in [0.2, 0.25) is 0 Å². The van der Waals surface area contributed by atoms with Gasteiger partial charge in [-0.2, -0.15) is 0 Å². The molecule has 0 aliphatic heterocycles. The van der Waals surface area contributed by atoms with Crippen LogP contribution in [-0.2, 0) is 4.79 Å². The predicted molar refractivity (Wildman–Crippen MR) is 87.3 cm³/mol. The van der Waals surface area contributed by atoms with Gasteiger partial charge in [0.05, 0.1) is 5.92 Å². The second kappa shape index (κ2) is 9.56. The van der Waals surface area contributed by atoms with E-state index in [1.165, 1.54) is 5.56 Å². The quantitative estimate of drug-likeness (QED) is 0.684.